The first-order chi connectivity index (χ1) is 12.0. The first kappa shape index (κ1) is 17.7. The van der Waals surface area contributed by atoms with Crippen molar-refractivity contribution in [2.24, 2.45) is 0 Å². The largest absolute Gasteiger partial charge is 0.508 e. The fraction of sp³-hybridized carbons (Fsp3) is 0. The van der Waals surface area contributed by atoms with Gasteiger partial charge in [-0.25, -0.2) is 9.59 Å². The maximum atomic E-state index is 10.3. The van der Waals surface area contributed by atoms with E-state index >= 15 is 0 Å². The zero-order chi connectivity index (χ0) is 18.2. The summed E-state index contributed by atoms with van der Waals surface area (Å²) < 4.78 is 0. The van der Waals surface area contributed by atoms with Gasteiger partial charge in [0, 0.05) is 0 Å². The SMILES string of the molecule is O=C(O)c1ccc(C(=O)O)cc1.Oc1ccc(-c2ccccc2)cc1. The Morgan fingerprint density at radius 1 is 0.560 bits per heavy atom. The van der Waals surface area contributed by atoms with Crippen LogP contribution in [0.15, 0.2) is 78.9 Å². The average molecular weight is 336 g/mol. The molecule has 0 fully saturated rings. The summed E-state index contributed by atoms with van der Waals surface area (Å²) in [5.41, 5.74) is 2.46. The molecule has 0 aliphatic rings. The van der Waals surface area contributed by atoms with Crippen LogP contribution < -0.4 is 0 Å². The van der Waals surface area contributed by atoms with E-state index in [1.807, 2.05) is 42.5 Å². The third-order valence-corrected chi connectivity index (χ3v) is 3.35. The van der Waals surface area contributed by atoms with Crippen LogP contribution >= 0.6 is 0 Å². The van der Waals surface area contributed by atoms with Crippen molar-refractivity contribution in [2.45, 2.75) is 0 Å². The lowest BCUT2D eigenvalue weighted by atomic mass is 10.1. The number of aromatic carboxylic acids is 2. The predicted octanol–water partition coefficient (Wildman–Crippen LogP) is 4.14. The lowest BCUT2D eigenvalue weighted by Gasteiger charge is -2.00. The highest BCUT2D eigenvalue weighted by Gasteiger charge is 2.04. The number of phenols is 1. The summed E-state index contributed by atoms with van der Waals surface area (Å²) in [4.78, 5) is 20.7. The Bertz CT molecular complexity index is 805. The number of carboxylic acid groups (broad SMARTS) is 2. The number of hydrogen-bond donors (Lipinski definition) is 3. The minimum atomic E-state index is -1.06. The summed E-state index contributed by atoms with van der Waals surface area (Å²) in [6, 6.07) is 22.3. The van der Waals surface area contributed by atoms with Gasteiger partial charge in [0.2, 0.25) is 0 Å². The number of benzene rings is 3. The maximum absolute atomic E-state index is 10.3. The second-order valence-corrected chi connectivity index (χ2v) is 5.10. The summed E-state index contributed by atoms with van der Waals surface area (Å²) in [5.74, 6) is -1.82. The smallest absolute Gasteiger partial charge is 0.335 e. The van der Waals surface area contributed by atoms with E-state index in [-0.39, 0.29) is 11.1 Å². The van der Waals surface area contributed by atoms with Crippen molar-refractivity contribution in [1.29, 1.82) is 0 Å². The fourth-order valence-corrected chi connectivity index (χ4v) is 2.04. The highest BCUT2D eigenvalue weighted by molar-refractivity contribution is 5.91. The van der Waals surface area contributed by atoms with Crippen molar-refractivity contribution >= 4 is 11.9 Å². The summed E-state index contributed by atoms with van der Waals surface area (Å²) in [6.45, 7) is 0. The van der Waals surface area contributed by atoms with Crippen molar-refractivity contribution in [1.82, 2.24) is 0 Å². The monoisotopic (exact) mass is 336 g/mol. The van der Waals surface area contributed by atoms with Crippen molar-refractivity contribution in [3.05, 3.63) is 90.0 Å². The van der Waals surface area contributed by atoms with Crippen LogP contribution in [0.25, 0.3) is 11.1 Å². The Labute approximate surface area is 144 Å². The minimum Gasteiger partial charge on any atom is -0.508 e. The van der Waals surface area contributed by atoms with Gasteiger partial charge in [0.05, 0.1) is 11.1 Å². The summed E-state index contributed by atoms with van der Waals surface area (Å²) >= 11 is 0. The molecule has 0 bridgehead atoms. The fourth-order valence-electron chi connectivity index (χ4n) is 2.04. The van der Waals surface area contributed by atoms with Crippen LogP contribution in [-0.2, 0) is 0 Å². The lowest BCUT2D eigenvalue weighted by molar-refractivity contribution is 0.0681. The average Bonchev–Trinajstić information content (AvgIpc) is 2.63. The van der Waals surface area contributed by atoms with Gasteiger partial charge in [0.25, 0.3) is 0 Å². The van der Waals surface area contributed by atoms with Crippen molar-refractivity contribution in [3.8, 4) is 16.9 Å². The highest BCUT2D eigenvalue weighted by atomic mass is 16.4. The van der Waals surface area contributed by atoms with E-state index in [2.05, 4.69) is 0 Å². The molecule has 5 nitrogen and oxygen atoms in total. The zero-order valence-corrected chi connectivity index (χ0v) is 13.2. The van der Waals surface area contributed by atoms with Crippen molar-refractivity contribution < 1.29 is 24.9 Å². The molecule has 126 valence electrons. The minimum absolute atomic E-state index is 0.0833. The van der Waals surface area contributed by atoms with E-state index in [9.17, 15) is 9.59 Å². The second kappa shape index (κ2) is 8.31. The number of hydrogen-bond acceptors (Lipinski definition) is 3. The number of carbonyl (C=O) groups is 2. The van der Waals surface area contributed by atoms with E-state index in [1.54, 1.807) is 12.1 Å². The molecule has 0 unspecified atom stereocenters. The molecule has 0 heterocycles. The van der Waals surface area contributed by atoms with Gasteiger partial charge in [-0.05, 0) is 47.5 Å². The molecule has 0 spiro atoms. The molecule has 0 aliphatic heterocycles. The van der Waals surface area contributed by atoms with Gasteiger partial charge in [-0.15, -0.1) is 0 Å². The zero-order valence-electron chi connectivity index (χ0n) is 13.2. The van der Waals surface area contributed by atoms with Gasteiger partial charge in [-0.3, -0.25) is 0 Å². The first-order valence-corrected chi connectivity index (χ1v) is 7.38. The molecule has 0 aromatic heterocycles. The molecule has 0 atom stereocenters. The lowest BCUT2D eigenvalue weighted by Crippen LogP contribution is -1.99. The van der Waals surface area contributed by atoms with Gasteiger partial charge in [0.15, 0.2) is 0 Å². The van der Waals surface area contributed by atoms with Gasteiger partial charge >= 0.3 is 11.9 Å². The molecular weight excluding hydrogens is 320 g/mol. The van der Waals surface area contributed by atoms with Crippen LogP contribution in [0.4, 0.5) is 0 Å². The van der Waals surface area contributed by atoms with E-state index in [4.69, 9.17) is 15.3 Å². The third-order valence-electron chi connectivity index (χ3n) is 3.35. The van der Waals surface area contributed by atoms with Crippen LogP contribution in [0.2, 0.25) is 0 Å². The molecule has 0 aliphatic carbocycles. The van der Waals surface area contributed by atoms with Crippen LogP contribution in [0.5, 0.6) is 5.75 Å². The predicted molar refractivity (Wildman–Crippen MR) is 93.9 cm³/mol. The van der Waals surface area contributed by atoms with E-state index in [1.165, 1.54) is 29.8 Å². The first-order valence-electron chi connectivity index (χ1n) is 7.38. The molecule has 0 radical (unpaired) electrons. The number of rotatable bonds is 3. The second-order valence-electron chi connectivity index (χ2n) is 5.10. The molecule has 0 saturated carbocycles. The molecule has 3 rings (SSSR count). The molecule has 25 heavy (non-hydrogen) atoms. The normalized spacial score (nSPS) is 9.60. The van der Waals surface area contributed by atoms with Crippen LogP contribution in [0.1, 0.15) is 20.7 Å². The third kappa shape index (κ3) is 5.21. The number of carboxylic acids is 2. The molecule has 3 aromatic carbocycles. The van der Waals surface area contributed by atoms with Gasteiger partial charge < -0.3 is 15.3 Å². The van der Waals surface area contributed by atoms with Gasteiger partial charge in [-0.2, -0.15) is 0 Å². The van der Waals surface area contributed by atoms with E-state index < -0.39 is 11.9 Å². The molecule has 0 amide bonds. The van der Waals surface area contributed by atoms with Crippen molar-refractivity contribution in [3.63, 3.8) is 0 Å². The Kier molecular flexibility index (Phi) is 5.90. The Morgan fingerprint density at radius 3 is 1.36 bits per heavy atom. The van der Waals surface area contributed by atoms with E-state index in [0.717, 1.165) is 5.56 Å². The van der Waals surface area contributed by atoms with Crippen LogP contribution in [0.3, 0.4) is 0 Å². The Morgan fingerprint density at radius 2 is 0.960 bits per heavy atom. The van der Waals surface area contributed by atoms with Crippen LogP contribution in [0, 0.1) is 0 Å². The topological polar surface area (TPSA) is 94.8 Å². The maximum Gasteiger partial charge on any atom is 0.335 e. The Hall–Kier alpha value is -3.60. The number of phenolic OH excluding ortho intramolecular Hbond substituents is 1. The van der Waals surface area contributed by atoms with Gasteiger partial charge in [-0.1, -0.05) is 42.5 Å². The molecule has 5 heteroatoms. The molecular formula is C20H16O5. The standard InChI is InChI=1S/C12H10O.C8H6O4/c13-12-8-6-11(7-9-12)10-4-2-1-3-5-10;9-7(10)5-1-2-6(4-3-5)8(11)12/h1-9,13H;1-4H,(H,9,10)(H,11,12). The highest BCUT2D eigenvalue weighted by Crippen LogP contribution is 2.20. The summed E-state index contributed by atoms with van der Waals surface area (Å²) in [7, 11) is 0. The van der Waals surface area contributed by atoms with Gasteiger partial charge in [0.1, 0.15) is 5.75 Å². The summed E-state index contributed by atoms with van der Waals surface area (Å²) in [6.07, 6.45) is 0. The van der Waals surface area contributed by atoms with Crippen LogP contribution in [-0.4, -0.2) is 27.3 Å². The molecule has 3 N–H and O–H groups in total. The molecule has 3 aromatic rings. The summed E-state index contributed by atoms with van der Waals surface area (Å²) in [5, 5.41) is 26.0. The quantitative estimate of drug-likeness (QED) is 0.668. The number of aromatic hydroxyl groups is 1. The molecule has 0 saturated heterocycles. The Balaban J connectivity index is 0.000000181. The van der Waals surface area contributed by atoms with Crippen molar-refractivity contribution in [2.75, 3.05) is 0 Å². The van der Waals surface area contributed by atoms with E-state index in [0.29, 0.717) is 5.75 Å².